The van der Waals surface area contributed by atoms with Crippen LogP contribution in [0.4, 0.5) is 11.5 Å². The van der Waals surface area contributed by atoms with E-state index in [0.29, 0.717) is 0 Å². The van der Waals surface area contributed by atoms with Crippen LogP contribution in [0.15, 0.2) is 18.3 Å². The lowest BCUT2D eigenvalue weighted by Crippen LogP contribution is -2.30. The zero-order valence-electron chi connectivity index (χ0n) is 9.86. The summed E-state index contributed by atoms with van der Waals surface area (Å²) < 4.78 is 0. The number of aromatic nitrogens is 1. The van der Waals surface area contributed by atoms with Gasteiger partial charge in [-0.3, -0.25) is 0 Å². The Labute approximate surface area is 95.0 Å². The minimum absolute atomic E-state index is 0.0213. The molecule has 0 aromatic carbocycles. The van der Waals surface area contributed by atoms with E-state index < -0.39 is 4.92 Å². The molecule has 1 heterocycles. The fraction of sp³-hybridized carbons (Fsp3) is 0.545. The maximum atomic E-state index is 10.4. The maximum Gasteiger partial charge on any atom is 0.363 e. The molecule has 0 aliphatic heterocycles. The summed E-state index contributed by atoms with van der Waals surface area (Å²) in [5.41, 5.74) is 0.788. The second-order valence-corrected chi connectivity index (χ2v) is 4.42. The highest BCUT2D eigenvalue weighted by Crippen LogP contribution is 2.20. The molecule has 0 bridgehead atoms. The normalized spacial score (nSPS) is 11.2. The summed E-state index contributed by atoms with van der Waals surface area (Å²) in [7, 11) is 0. The van der Waals surface area contributed by atoms with Crippen molar-refractivity contribution in [1.29, 1.82) is 0 Å². The standard InChI is InChI=1S/C11H17N3O2/c1-4-7-11(2,3)13-9-5-6-10(12-8-9)14(15)16/h5-6,8,13H,4,7H2,1-3H3. The highest BCUT2D eigenvalue weighted by molar-refractivity contribution is 5.45. The summed E-state index contributed by atoms with van der Waals surface area (Å²) in [4.78, 5) is 13.7. The Balaban J connectivity index is 2.72. The van der Waals surface area contributed by atoms with Crippen LogP contribution in [0.25, 0.3) is 0 Å². The monoisotopic (exact) mass is 223 g/mol. The highest BCUT2D eigenvalue weighted by Gasteiger charge is 2.17. The first-order valence-electron chi connectivity index (χ1n) is 5.33. The first-order chi connectivity index (χ1) is 7.44. The molecule has 0 spiro atoms. The van der Waals surface area contributed by atoms with E-state index in [1.807, 2.05) is 0 Å². The van der Waals surface area contributed by atoms with Gasteiger partial charge in [0.25, 0.3) is 0 Å². The summed E-state index contributed by atoms with van der Waals surface area (Å²) in [6.45, 7) is 6.31. The van der Waals surface area contributed by atoms with Crippen LogP contribution in [0.5, 0.6) is 0 Å². The van der Waals surface area contributed by atoms with Gasteiger partial charge in [-0.2, -0.15) is 0 Å². The molecular formula is C11H17N3O2. The summed E-state index contributed by atoms with van der Waals surface area (Å²) in [6.07, 6.45) is 3.61. The van der Waals surface area contributed by atoms with Crippen LogP contribution in [-0.2, 0) is 0 Å². The lowest BCUT2D eigenvalue weighted by molar-refractivity contribution is -0.389. The van der Waals surface area contributed by atoms with Crippen LogP contribution in [0.3, 0.4) is 0 Å². The molecule has 0 fully saturated rings. The summed E-state index contributed by atoms with van der Waals surface area (Å²) in [5.74, 6) is -0.126. The van der Waals surface area contributed by atoms with Crippen molar-refractivity contribution in [3.8, 4) is 0 Å². The number of hydrogen-bond acceptors (Lipinski definition) is 4. The van der Waals surface area contributed by atoms with Crippen molar-refractivity contribution in [2.75, 3.05) is 5.32 Å². The summed E-state index contributed by atoms with van der Waals surface area (Å²) in [5, 5.41) is 13.7. The molecule has 1 rings (SSSR count). The van der Waals surface area contributed by atoms with Crippen LogP contribution >= 0.6 is 0 Å². The van der Waals surface area contributed by atoms with Crippen LogP contribution in [0.2, 0.25) is 0 Å². The largest absolute Gasteiger partial charge is 0.377 e. The number of nitro groups is 1. The van der Waals surface area contributed by atoms with Gasteiger partial charge < -0.3 is 15.4 Å². The first kappa shape index (κ1) is 12.4. The SMILES string of the molecule is CCCC(C)(C)Nc1ccc([N+](=O)[O-])nc1. The van der Waals surface area contributed by atoms with Crippen molar-refractivity contribution < 1.29 is 4.92 Å². The molecule has 0 aliphatic carbocycles. The van der Waals surface area contributed by atoms with E-state index in [1.54, 1.807) is 6.07 Å². The average Bonchev–Trinajstić information content (AvgIpc) is 2.17. The van der Waals surface area contributed by atoms with Crippen molar-refractivity contribution in [2.45, 2.75) is 39.2 Å². The van der Waals surface area contributed by atoms with Gasteiger partial charge in [0.1, 0.15) is 0 Å². The minimum Gasteiger partial charge on any atom is -0.377 e. The van der Waals surface area contributed by atoms with Gasteiger partial charge in [-0.05, 0) is 36.2 Å². The van der Waals surface area contributed by atoms with Gasteiger partial charge in [0, 0.05) is 11.6 Å². The molecule has 0 amide bonds. The van der Waals surface area contributed by atoms with Gasteiger partial charge >= 0.3 is 5.82 Å². The van der Waals surface area contributed by atoms with Crippen molar-refractivity contribution in [1.82, 2.24) is 4.98 Å². The third-order valence-electron chi connectivity index (χ3n) is 2.29. The fourth-order valence-electron chi connectivity index (χ4n) is 1.65. The smallest absolute Gasteiger partial charge is 0.363 e. The lowest BCUT2D eigenvalue weighted by Gasteiger charge is -2.26. The Morgan fingerprint density at radius 2 is 2.19 bits per heavy atom. The zero-order valence-corrected chi connectivity index (χ0v) is 9.86. The molecule has 0 saturated heterocycles. The Bertz CT molecular complexity index is 360. The Hall–Kier alpha value is -1.65. The number of pyridine rings is 1. The lowest BCUT2D eigenvalue weighted by atomic mass is 9.99. The van der Waals surface area contributed by atoms with Gasteiger partial charge in [0.15, 0.2) is 6.20 Å². The second kappa shape index (κ2) is 4.92. The van der Waals surface area contributed by atoms with E-state index in [4.69, 9.17) is 0 Å². The number of rotatable bonds is 5. The Morgan fingerprint density at radius 3 is 2.62 bits per heavy atom. The molecule has 5 heteroatoms. The van der Waals surface area contributed by atoms with Gasteiger partial charge in [-0.25, -0.2) is 0 Å². The predicted molar refractivity (Wildman–Crippen MR) is 63.5 cm³/mol. The van der Waals surface area contributed by atoms with Crippen molar-refractivity contribution >= 4 is 11.5 Å². The maximum absolute atomic E-state index is 10.4. The minimum atomic E-state index is -0.499. The Morgan fingerprint density at radius 1 is 1.50 bits per heavy atom. The van der Waals surface area contributed by atoms with Gasteiger partial charge in [-0.1, -0.05) is 13.3 Å². The van der Waals surface area contributed by atoms with Crippen LogP contribution in [0, 0.1) is 10.1 Å². The molecule has 0 saturated carbocycles. The molecular weight excluding hydrogens is 206 g/mol. The van der Waals surface area contributed by atoms with Crippen LogP contribution < -0.4 is 5.32 Å². The van der Waals surface area contributed by atoms with Crippen molar-refractivity contribution in [2.24, 2.45) is 0 Å². The molecule has 88 valence electrons. The van der Waals surface area contributed by atoms with Crippen molar-refractivity contribution in [3.63, 3.8) is 0 Å². The topological polar surface area (TPSA) is 68.1 Å². The van der Waals surface area contributed by atoms with E-state index in [2.05, 4.69) is 31.1 Å². The number of nitrogens with zero attached hydrogens (tertiary/aromatic N) is 2. The summed E-state index contributed by atoms with van der Waals surface area (Å²) >= 11 is 0. The first-order valence-corrected chi connectivity index (χ1v) is 5.33. The van der Waals surface area contributed by atoms with Gasteiger partial charge in [0.2, 0.25) is 0 Å². The highest BCUT2D eigenvalue weighted by atomic mass is 16.6. The summed E-state index contributed by atoms with van der Waals surface area (Å²) in [6, 6.07) is 3.09. The molecule has 1 aromatic heterocycles. The molecule has 0 radical (unpaired) electrons. The molecule has 0 unspecified atom stereocenters. The van der Waals surface area contributed by atoms with Gasteiger partial charge in [-0.15, -0.1) is 0 Å². The van der Waals surface area contributed by atoms with Gasteiger partial charge in [0.05, 0.1) is 5.69 Å². The third-order valence-corrected chi connectivity index (χ3v) is 2.29. The molecule has 0 aliphatic rings. The van der Waals surface area contributed by atoms with E-state index in [9.17, 15) is 10.1 Å². The molecule has 0 atom stereocenters. The number of anilines is 1. The van der Waals surface area contributed by atoms with E-state index >= 15 is 0 Å². The van der Waals surface area contributed by atoms with Crippen LogP contribution in [0.1, 0.15) is 33.6 Å². The fourth-order valence-corrected chi connectivity index (χ4v) is 1.65. The molecule has 1 N–H and O–H groups in total. The number of hydrogen-bond donors (Lipinski definition) is 1. The third kappa shape index (κ3) is 3.49. The molecule has 16 heavy (non-hydrogen) atoms. The zero-order chi connectivity index (χ0) is 12.2. The average molecular weight is 223 g/mol. The van der Waals surface area contributed by atoms with E-state index in [1.165, 1.54) is 12.3 Å². The van der Waals surface area contributed by atoms with Crippen LogP contribution in [-0.4, -0.2) is 15.4 Å². The van der Waals surface area contributed by atoms with E-state index in [-0.39, 0.29) is 11.4 Å². The quantitative estimate of drug-likeness (QED) is 0.615. The van der Waals surface area contributed by atoms with Crippen molar-refractivity contribution in [3.05, 3.63) is 28.4 Å². The second-order valence-electron chi connectivity index (χ2n) is 4.42. The number of nitrogens with one attached hydrogen (secondary N) is 1. The molecule has 1 aromatic rings. The Kier molecular flexibility index (Phi) is 3.82. The molecule has 5 nitrogen and oxygen atoms in total. The predicted octanol–water partition coefficient (Wildman–Crippen LogP) is 2.98. The van der Waals surface area contributed by atoms with E-state index in [0.717, 1.165) is 18.5 Å².